The predicted molar refractivity (Wildman–Crippen MR) is 114 cm³/mol. The number of hydrogen-bond acceptors (Lipinski definition) is 2. The molecule has 0 saturated heterocycles. The standard InChI is InChI=1S/C24H33N3O2/c25-24(29)27(22-18-10-15-9-16(12-18)13-19(22)11-15)21-8-4-5-17(14-21)23(28)26-20-6-2-1-3-7-20/h4-5,8,14-16,18-20,22H,1-3,6-7,9-13H2,(H2,25,29)(H,26,28). The molecular weight excluding hydrogens is 362 g/mol. The van der Waals surface area contributed by atoms with Crippen molar-refractivity contribution in [3.05, 3.63) is 29.8 Å². The minimum absolute atomic E-state index is 0.0340. The molecule has 0 unspecified atom stereocenters. The summed E-state index contributed by atoms with van der Waals surface area (Å²) in [5.74, 6) is 2.76. The second-order valence-electron chi connectivity index (χ2n) is 9.99. The molecule has 6 rings (SSSR count). The Labute approximate surface area is 173 Å². The Bertz CT molecular complexity index is 758. The van der Waals surface area contributed by atoms with Gasteiger partial charge in [0.15, 0.2) is 0 Å². The lowest BCUT2D eigenvalue weighted by atomic mass is 9.54. The lowest BCUT2D eigenvalue weighted by Gasteiger charge is -2.56. The van der Waals surface area contributed by atoms with Crippen molar-refractivity contribution in [3.63, 3.8) is 0 Å². The molecular formula is C24H33N3O2. The second kappa shape index (κ2) is 7.66. The Morgan fingerprint density at radius 2 is 1.59 bits per heavy atom. The van der Waals surface area contributed by atoms with Crippen LogP contribution in [-0.2, 0) is 0 Å². The van der Waals surface area contributed by atoms with Gasteiger partial charge in [-0.15, -0.1) is 0 Å². The number of nitrogens with zero attached hydrogens (tertiary/aromatic N) is 1. The first-order valence-corrected chi connectivity index (χ1v) is 11.6. The smallest absolute Gasteiger partial charge is 0.319 e. The molecule has 3 amide bonds. The van der Waals surface area contributed by atoms with Crippen LogP contribution in [-0.4, -0.2) is 24.0 Å². The van der Waals surface area contributed by atoms with Gasteiger partial charge in [0.05, 0.1) is 0 Å². The predicted octanol–water partition coefficient (Wildman–Crippen LogP) is 4.46. The quantitative estimate of drug-likeness (QED) is 0.790. The fourth-order valence-electron chi connectivity index (χ4n) is 7.08. The van der Waals surface area contributed by atoms with Crippen LogP contribution in [0.4, 0.5) is 10.5 Å². The van der Waals surface area contributed by atoms with Gasteiger partial charge in [0.2, 0.25) is 0 Å². The Hall–Kier alpha value is -2.04. The average Bonchev–Trinajstić information content (AvgIpc) is 2.70. The minimum Gasteiger partial charge on any atom is -0.351 e. The zero-order valence-electron chi connectivity index (χ0n) is 17.2. The Kier molecular flexibility index (Phi) is 5.00. The lowest BCUT2D eigenvalue weighted by molar-refractivity contribution is -0.0000785. The summed E-state index contributed by atoms with van der Waals surface area (Å²) in [6.45, 7) is 0. The van der Waals surface area contributed by atoms with Crippen molar-refractivity contribution < 1.29 is 9.59 Å². The number of primary amides is 1. The van der Waals surface area contributed by atoms with Gasteiger partial charge < -0.3 is 11.1 Å². The van der Waals surface area contributed by atoms with Gasteiger partial charge in [-0.1, -0.05) is 25.3 Å². The molecule has 0 radical (unpaired) electrons. The van der Waals surface area contributed by atoms with E-state index in [1.54, 1.807) is 0 Å². The molecule has 5 nitrogen and oxygen atoms in total. The summed E-state index contributed by atoms with van der Waals surface area (Å²) in [5.41, 5.74) is 7.32. The molecule has 0 atom stereocenters. The fourth-order valence-corrected chi connectivity index (χ4v) is 7.08. The van der Waals surface area contributed by atoms with E-state index < -0.39 is 0 Å². The summed E-state index contributed by atoms with van der Waals surface area (Å²) >= 11 is 0. The van der Waals surface area contributed by atoms with Crippen molar-refractivity contribution in [2.24, 2.45) is 29.4 Å². The van der Waals surface area contributed by atoms with Crippen LogP contribution in [0.5, 0.6) is 0 Å². The van der Waals surface area contributed by atoms with Crippen molar-refractivity contribution in [2.75, 3.05) is 4.90 Å². The number of rotatable bonds is 4. The zero-order valence-corrected chi connectivity index (χ0v) is 17.2. The van der Waals surface area contributed by atoms with E-state index >= 15 is 0 Å². The third-order valence-electron chi connectivity index (χ3n) is 8.04. The maximum Gasteiger partial charge on any atom is 0.319 e. The number of amides is 3. The van der Waals surface area contributed by atoms with Crippen LogP contribution >= 0.6 is 0 Å². The van der Waals surface area contributed by atoms with Gasteiger partial charge in [-0.2, -0.15) is 0 Å². The third kappa shape index (κ3) is 3.64. The number of hydrogen-bond donors (Lipinski definition) is 2. The van der Waals surface area contributed by atoms with Crippen LogP contribution in [0.2, 0.25) is 0 Å². The molecule has 0 spiro atoms. The van der Waals surface area contributed by atoms with E-state index in [0.717, 1.165) is 30.4 Å². The molecule has 5 fully saturated rings. The number of nitrogens with one attached hydrogen (secondary N) is 1. The number of anilines is 1. The summed E-state index contributed by atoms with van der Waals surface area (Å²) < 4.78 is 0. The molecule has 4 bridgehead atoms. The van der Waals surface area contributed by atoms with Crippen molar-refractivity contribution in [2.45, 2.75) is 76.3 Å². The molecule has 1 aromatic rings. The van der Waals surface area contributed by atoms with E-state index in [0.29, 0.717) is 17.4 Å². The highest BCUT2D eigenvalue weighted by Crippen LogP contribution is 2.55. The molecule has 29 heavy (non-hydrogen) atoms. The van der Waals surface area contributed by atoms with E-state index in [1.807, 2.05) is 29.2 Å². The van der Waals surface area contributed by atoms with Crippen LogP contribution in [0, 0.1) is 23.7 Å². The summed E-state index contributed by atoms with van der Waals surface area (Å²) in [6.07, 6.45) is 12.0. The molecule has 5 aliphatic carbocycles. The van der Waals surface area contributed by atoms with E-state index in [2.05, 4.69) is 5.32 Å². The van der Waals surface area contributed by atoms with Crippen LogP contribution in [0.25, 0.3) is 0 Å². The van der Waals surface area contributed by atoms with E-state index in [9.17, 15) is 9.59 Å². The highest BCUT2D eigenvalue weighted by Gasteiger charge is 2.51. The first kappa shape index (κ1) is 19.0. The summed E-state index contributed by atoms with van der Waals surface area (Å²) in [6, 6.07) is 7.62. The SMILES string of the molecule is NC(=O)N(c1cccc(C(=O)NC2CCCCC2)c1)C1C2CC3CC(C2)CC1C3. The summed E-state index contributed by atoms with van der Waals surface area (Å²) in [4.78, 5) is 27.2. The molecule has 0 aliphatic heterocycles. The summed E-state index contributed by atoms with van der Waals surface area (Å²) in [7, 11) is 0. The van der Waals surface area contributed by atoms with Crippen molar-refractivity contribution >= 4 is 17.6 Å². The Morgan fingerprint density at radius 1 is 0.931 bits per heavy atom. The number of carbonyl (C=O) groups excluding carboxylic acids is 2. The molecule has 156 valence electrons. The zero-order chi connectivity index (χ0) is 20.0. The normalized spacial score (nSPS) is 33.4. The first-order valence-electron chi connectivity index (χ1n) is 11.6. The topological polar surface area (TPSA) is 75.4 Å². The van der Waals surface area contributed by atoms with Gasteiger partial charge in [0.25, 0.3) is 5.91 Å². The first-order chi connectivity index (χ1) is 14.1. The van der Waals surface area contributed by atoms with Gasteiger partial charge in [-0.05, 0) is 86.8 Å². The second-order valence-corrected chi connectivity index (χ2v) is 9.99. The molecule has 0 heterocycles. The lowest BCUT2D eigenvalue weighted by Crippen LogP contribution is -2.59. The van der Waals surface area contributed by atoms with Gasteiger partial charge in [-0.25, -0.2) is 4.79 Å². The Morgan fingerprint density at radius 3 is 2.21 bits per heavy atom. The maximum atomic E-state index is 12.8. The molecule has 1 aromatic carbocycles. The van der Waals surface area contributed by atoms with Crippen molar-refractivity contribution in [3.8, 4) is 0 Å². The van der Waals surface area contributed by atoms with Crippen LogP contribution in [0.3, 0.4) is 0 Å². The number of carbonyl (C=O) groups is 2. The molecule has 0 aromatic heterocycles. The van der Waals surface area contributed by atoms with Gasteiger partial charge in [-0.3, -0.25) is 9.69 Å². The summed E-state index contributed by atoms with van der Waals surface area (Å²) in [5, 5.41) is 3.19. The van der Waals surface area contributed by atoms with E-state index in [1.165, 1.54) is 51.4 Å². The van der Waals surface area contributed by atoms with Crippen molar-refractivity contribution in [1.29, 1.82) is 0 Å². The molecule has 5 saturated carbocycles. The number of benzene rings is 1. The Balaban J connectivity index is 1.37. The average molecular weight is 396 g/mol. The highest BCUT2D eigenvalue weighted by atomic mass is 16.2. The van der Waals surface area contributed by atoms with Crippen LogP contribution < -0.4 is 16.0 Å². The van der Waals surface area contributed by atoms with Gasteiger partial charge in [0.1, 0.15) is 0 Å². The molecule has 5 aliphatic rings. The van der Waals surface area contributed by atoms with E-state index in [4.69, 9.17) is 5.73 Å². The molecule has 3 N–H and O–H groups in total. The van der Waals surface area contributed by atoms with Crippen LogP contribution in [0.1, 0.15) is 74.6 Å². The van der Waals surface area contributed by atoms with Gasteiger partial charge >= 0.3 is 6.03 Å². The minimum atomic E-state index is -0.382. The highest BCUT2D eigenvalue weighted by molar-refractivity contribution is 5.97. The molecule has 5 heteroatoms. The van der Waals surface area contributed by atoms with E-state index in [-0.39, 0.29) is 24.0 Å². The van der Waals surface area contributed by atoms with Crippen molar-refractivity contribution in [1.82, 2.24) is 5.32 Å². The third-order valence-corrected chi connectivity index (χ3v) is 8.04. The largest absolute Gasteiger partial charge is 0.351 e. The monoisotopic (exact) mass is 395 g/mol. The van der Waals surface area contributed by atoms with Crippen LogP contribution in [0.15, 0.2) is 24.3 Å². The maximum absolute atomic E-state index is 12.8. The number of nitrogens with two attached hydrogens (primary N) is 1. The fraction of sp³-hybridized carbons (Fsp3) is 0.667. The number of urea groups is 1. The van der Waals surface area contributed by atoms with Gasteiger partial charge in [0, 0.05) is 23.3 Å².